The predicted molar refractivity (Wildman–Crippen MR) is 148 cm³/mol. The summed E-state index contributed by atoms with van der Waals surface area (Å²) in [5, 5.41) is 3.08. The van der Waals surface area contributed by atoms with E-state index in [1.54, 1.807) is 7.11 Å². The predicted octanol–water partition coefficient (Wildman–Crippen LogP) is 4.05. The van der Waals surface area contributed by atoms with Gasteiger partial charge in [0.1, 0.15) is 17.3 Å². The van der Waals surface area contributed by atoms with Crippen molar-refractivity contribution in [2.45, 2.75) is 19.8 Å². The van der Waals surface area contributed by atoms with Crippen molar-refractivity contribution in [1.82, 2.24) is 10.2 Å². The lowest BCUT2D eigenvalue weighted by atomic mass is 10.0. The summed E-state index contributed by atoms with van der Waals surface area (Å²) in [5.41, 5.74) is 3.41. The second-order valence-electron chi connectivity index (χ2n) is 9.44. The zero-order chi connectivity index (χ0) is 25.8. The molecule has 0 atom stereocenters. The van der Waals surface area contributed by atoms with Crippen LogP contribution in [0.1, 0.15) is 29.3 Å². The maximum Gasteiger partial charge on any atom is 0.255 e. The molecule has 0 aromatic heterocycles. The Bertz CT molecular complexity index is 1250. The molecule has 2 aromatic rings. The minimum absolute atomic E-state index is 0.125. The first-order chi connectivity index (χ1) is 18.0. The fraction of sp³-hybridized carbons (Fsp3) is 0.379. The number of thioether (sulfide) groups is 1. The van der Waals surface area contributed by atoms with Crippen LogP contribution in [0, 0.1) is 0 Å². The summed E-state index contributed by atoms with van der Waals surface area (Å²) < 4.78 is 11.7. The van der Waals surface area contributed by atoms with E-state index in [0.717, 1.165) is 66.6 Å². The summed E-state index contributed by atoms with van der Waals surface area (Å²) in [5.74, 6) is 2.67. The van der Waals surface area contributed by atoms with Gasteiger partial charge in [0.25, 0.3) is 5.91 Å². The second kappa shape index (κ2) is 11.4. The molecule has 3 heterocycles. The lowest BCUT2D eigenvalue weighted by Crippen LogP contribution is -2.47. The number of nitrogens with zero attached hydrogens (tertiary/aromatic N) is 2. The highest BCUT2D eigenvalue weighted by atomic mass is 32.2. The molecule has 7 nitrogen and oxygen atoms in total. The van der Waals surface area contributed by atoms with E-state index >= 15 is 0 Å². The minimum atomic E-state index is -0.125. The fourth-order valence-corrected chi connectivity index (χ4v) is 6.07. The van der Waals surface area contributed by atoms with E-state index in [-0.39, 0.29) is 11.7 Å². The molecular weight excluding hydrogens is 486 g/mol. The number of para-hydroxylation sites is 3. The van der Waals surface area contributed by atoms with Crippen LogP contribution in [0.15, 0.2) is 64.8 Å². The van der Waals surface area contributed by atoms with Crippen molar-refractivity contribution in [2.75, 3.05) is 57.0 Å². The smallest absolute Gasteiger partial charge is 0.255 e. The number of ketones is 1. The quantitative estimate of drug-likeness (QED) is 0.528. The van der Waals surface area contributed by atoms with Gasteiger partial charge in [0.2, 0.25) is 0 Å². The lowest BCUT2D eigenvalue weighted by molar-refractivity contribution is -0.113. The Hall–Kier alpha value is -3.23. The highest BCUT2D eigenvalue weighted by Crippen LogP contribution is 2.40. The number of anilines is 1. The van der Waals surface area contributed by atoms with Gasteiger partial charge in [0.05, 0.1) is 29.0 Å². The van der Waals surface area contributed by atoms with E-state index in [2.05, 4.69) is 21.2 Å². The number of ether oxygens (including phenoxy) is 2. The molecule has 37 heavy (non-hydrogen) atoms. The molecule has 1 fully saturated rings. The molecular formula is C29H33N3O4S. The molecule has 1 saturated heterocycles. The van der Waals surface area contributed by atoms with Gasteiger partial charge < -0.3 is 19.7 Å². The van der Waals surface area contributed by atoms with Crippen LogP contribution in [0.25, 0.3) is 0 Å². The number of hydrogen-bond acceptors (Lipinski definition) is 7. The number of amides is 1. The fourth-order valence-electron chi connectivity index (χ4n) is 4.98. The van der Waals surface area contributed by atoms with Gasteiger partial charge in [-0.2, -0.15) is 0 Å². The number of fused-ring (bicyclic) bond motifs is 1. The standard InChI is InChI=1S/C29H33N3O4S/c1-20-24(33)19-37-28(20)26-12-11-21-7-5-8-22(27(21)36-26)29(34)30-13-6-14-31-15-17-32(18-16-31)23-9-3-4-10-25(23)35-2/h3-5,7-10,12H,6,11,13-19H2,1-2H3,(H,30,34). The van der Waals surface area contributed by atoms with E-state index in [4.69, 9.17) is 9.47 Å². The van der Waals surface area contributed by atoms with Crippen LogP contribution in [-0.2, 0) is 11.2 Å². The van der Waals surface area contributed by atoms with E-state index in [9.17, 15) is 9.59 Å². The number of nitrogens with one attached hydrogen (secondary N) is 1. The molecule has 0 unspecified atom stereocenters. The minimum Gasteiger partial charge on any atom is -0.495 e. The Morgan fingerprint density at radius 3 is 2.68 bits per heavy atom. The number of methoxy groups -OCH3 is 1. The average Bonchev–Trinajstić information content (AvgIpc) is 3.28. The molecule has 194 valence electrons. The Morgan fingerprint density at radius 1 is 1.11 bits per heavy atom. The number of Topliss-reactive ketones (excluding diaryl/α,β-unsaturated/α-hetero) is 1. The van der Waals surface area contributed by atoms with E-state index in [0.29, 0.717) is 35.8 Å². The van der Waals surface area contributed by atoms with Gasteiger partial charge >= 0.3 is 0 Å². The summed E-state index contributed by atoms with van der Waals surface area (Å²) in [7, 11) is 1.71. The number of allylic oxidation sites excluding steroid dienone is 2. The maximum absolute atomic E-state index is 13.1. The summed E-state index contributed by atoms with van der Waals surface area (Å²) in [6.45, 7) is 7.26. The zero-order valence-electron chi connectivity index (χ0n) is 21.4. The van der Waals surface area contributed by atoms with Gasteiger partial charge in [-0.05, 0) is 56.1 Å². The van der Waals surface area contributed by atoms with Crippen molar-refractivity contribution >= 4 is 29.1 Å². The highest BCUT2D eigenvalue weighted by molar-refractivity contribution is 8.04. The first kappa shape index (κ1) is 25.4. The Morgan fingerprint density at radius 2 is 1.92 bits per heavy atom. The molecule has 0 spiro atoms. The average molecular weight is 520 g/mol. The van der Waals surface area contributed by atoms with Gasteiger partial charge in [-0.15, -0.1) is 11.8 Å². The third kappa shape index (κ3) is 5.55. The molecule has 1 amide bonds. The van der Waals surface area contributed by atoms with Crippen molar-refractivity contribution in [3.63, 3.8) is 0 Å². The molecule has 0 bridgehead atoms. The largest absolute Gasteiger partial charge is 0.495 e. The number of rotatable bonds is 8. The Balaban J connectivity index is 1.11. The van der Waals surface area contributed by atoms with Crippen LogP contribution < -0.4 is 19.7 Å². The number of hydrogen-bond donors (Lipinski definition) is 1. The molecule has 0 radical (unpaired) electrons. The monoisotopic (exact) mass is 519 g/mol. The first-order valence-corrected chi connectivity index (χ1v) is 13.8. The zero-order valence-corrected chi connectivity index (χ0v) is 22.2. The summed E-state index contributed by atoms with van der Waals surface area (Å²) in [6, 6.07) is 13.8. The summed E-state index contributed by atoms with van der Waals surface area (Å²) >= 11 is 1.51. The van der Waals surface area contributed by atoms with Crippen LogP contribution in [0.3, 0.4) is 0 Å². The van der Waals surface area contributed by atoms with Crippen LogP contribution >= 0.6 is 11.8 Å². The third-order valence-corrected chi connectivity index (χ3v) is 8.33. The van der Waals surface area contributed by atoms with E-state index in [1.165, 1.54) is 11.8 Å². The Kier molecular flexibility index (Phi) is 7.86. The van der Waals surface area contributed by atoms with Crippen LogP contribution in [0.5, 0.6) is 11.5 Å². The second-order valence-corrected chi connectivity index (χ2v) is 10.4. The maximum atomic E-state index is 13.1. The van der Waals surface area contributed by atoms with Crippen molar-refractivity contribution in [3.05, 3.63) is 75.9 Å². The molecule has 3 aliphatic heterocycles. The number of carbonyl (C=O) groups excluding carboxylic acids is 2. The molecule has 2 aromatic carbocycles. The molecule has 0 aliphatic carbocycles. The van der Waals surface area contributed by atoms with Gasteiger partial charge in [0, 0.05) is 38.3 Å². The van der Waals surface area contributed by atoms with Gasteiger partial charge in [0.15, 0.2) is 5.78 Å². The first-order valence-electron chi connectivity index (χ1n) is 12.8. The molecule has 3 aliphatic rings. The molecule has 1 N–H and O–H groups in total. The van der Waals surface area contributed by atoms with Crippen molar-refractivity contribution < 1.29 is 19.1 Å². The van der Waals surface area contributed by atoms with Crippen LogP contribution in [0.4, 0.5) is 5.69 Å². The van der Waals surface area contributed by atoms with E-state index in [1.807, 2.05) is 49.4 Å². The van der Waals surface area contributed by atoms with Crippen molar-refractivity contribution in [2.24, 2.45) is 0 Å². The lowest BCUT2D eigenvalue weighted by Gasteiger charge is -2.36. The summed E-state index contributed by atoms with van der Waals surface area (Å²) in [4.78, 5) is 30.7. The normalized spacial score (nSPS) is 17.8. The number of benzene rings is 2. The third-order valence-electron chi connectivity index (χ3n) is 7.13. The van der Waals surface area contributed by atoms with Crippen molar-refractivity contribution in [3.8, 4) is 11.5 Å². The SMILES string of the molecule is COc1ccccc1N1CCN(CCCNC(=O)c2cccc3c2OC(C2=C(C)C(=O)CS2)=CC3)CC1. The molecule has 0 saturated carbocycles. The topological polar surface area (TPSA) is 71.1 Å². The molecule has 8 heteroatoms. The molecule has 5 rings (SSSR count). The highest BCUT2D eigenvalue weighted by Gasteiger charge is 2.28. The van der Waals surface area contributed by atoms with Gasteiger partial charge in [-0.1, -0.05) is 24.3 Å². The summed E-state index contributed by atoms with van der Waals surface area (Å²) in [6.07, 6.45) is 3.56. The van der Waals surface area contributed by atoms with Gasteiger partial charge in [-0.25, -0.2) is 0 Å². The van der Waals surface area contributed by atoms with Crippen LogP contribution in [-0.4, -0.2) is 68.7 Å². The number of carbonyl (C=O) groups is 2. The van der Waals surface area contributed by atoms with Crippen LogP contribution in [0.2, 0.25) is 0 Å². The van der Waals surface area contributed by atoms with Crippen molar-refractivity contribution in [1.29, 1.82) is 0 Å². The van der Waals surface area contributed by atoms with Gasteiger partial charge in [-0.3, -0.25) is 14.5 Å². The van der Waals surface area contributed by atoms with E-state index < -0.39 is 0 Å². The Labute approximate surface area is 222 Å². The number of piperazine rings is 1.